The van der Waals surface area contributed by atoms with E-state index in [-0.39, 0.29) is 34.5 Å². The molecule has 1 saturated heterocycles. The van der Waals surface area contributed by atoms with E-state index in [0.717, 1.165) is 17.0 Å². The van der Waals surface area contributed by atoms with Gasteiger partial charge in [-0.3, -0.25) is 4.79 Å². The summed E-state index contributed by atoms with van der Waals surface area (Å²) in [5, 5.41) is 23.7. The second-order valence-electron chi connectivity index (χ2n) is 11.0. The summed E-state index contributed by atoms with van der Waals surface area (Å²) in [7, 11) is 0. The van der Waals surface area contributed by atoms with E-state index in [1.54, 1.807) is 0 Å². The summed E-state index contributed by atoms with van der Waals surface area (Å²) in [5.74, 6) is -0.225. The molecule has 2 aliphatic heterocycles. The van der Waals surface area contributed by atoms with Crippen molar-refractivity contribution >= 4 is 23.3 Å². The second kappa shape index (κ2) is 10.4. The SMILES string of the molecule is Cc1ccc2c(c1)N=C(c1c(O)cccc1F)N=C(N1CCC(NC(=O)[C@H](O)CC(C)(C)C)CC1)C2. The number of aliphatic hydroxyl groups excluding tert-OH is 1. The molecule has 36 heavy (non-hydrogen) atoms. The van der Waals surface area contributed by atoms with Crippen molar-refractivity contribution < 1.29 is 19.4 Å². The first-order valence-electron chi connectivity index (χ1n) is 12.5. The fourth-order valence-electron chi connectivity index (χ4n) is 4.68. The van der Waals surface area contributed by atoms with Crippen molar-refractivity contribution in [1.82, 2.24) is 10.2 Å². The van der Waals surface area contributed by atoms with Gasteiger partial charge in [-0.1, -0.05) is 39.0 Å². The Bertz CT molecular complexity index is 1170. The molecule has 0 aromatic heterocycles. The highest BCUT2D eigenvalue weighted by Crippen LogP contribution is 2.30. The lowest BCUT2D eigenvalue weighted by Crippen LogP contribution is -2.49. The standard InChI is InChI=1S/C28H35FN4O3/c1-17-8-9-18-15-24(32-26(31-21(18)14-17)25-20(29)6-5-7-22(25)34)33-12-10-19(11-13-33)30-27(36)23(35)16-28(2,3)4/h5-9,14,19,23,34-35H,10-13,15-16H2,1-4H3,(H,30,36)/t23-/m1/s1. The molecule has 2 aliphatic rings. The van der Waals surface area contributed by atoms with Gasteiger partial charge < -0.3 is 20.4 Å². The predicted octanol–water partition coefficient (Wildman–Crippen LogP) is 4.25. The molecule has 4 rings (SSSR count). The molecule has 0 spiro atoms. The zero-order valence-corrected chi connectivity index (χ0v) is 21.4. The maximum Gasteiger partial charge on any atom is 0.249 e. The lowest BCUT2D eigenvalue weighted by molar-refractivity contribution is -0.131. The van der Waals surface area contributed by atoms with Crippen LogP contribution in [0.25, 0.3) is 0 Å². The van der Waals surface area contributed by atoms with Gasteiger partial charge in [-0.15, -0.1) is 0 Å². The van der Waals surface area contributed by atoms with Crippen LogP contribution in [0.4, 0.5) is 10.1 Å². The summed E-state index contributed by atoms with van der Waals surface area (Å²) in [5.41, 5.74) is 2.56. The number of aryl methyl sites for hydroxylation is 1. The number of aromatic hydroxyl groups is 1. The van der Waals surface area contributed by atoms with Crippen LogP contribution in [-0.2, 0) is 11.2 Å². The maximum atomic E-state index is 14.7. The highest BCUT2D eigenvalue weighted by atomic mass is 19.1. The molecule has 1 amide bonds. The summed E-state index contributed by atoms with van der Waals surface area (Å²) in [4.78, 5) is 24.0. The average Bonchev–Trinajstić information content (AvgIpc) is 2.97. The molecule has 0 aliphatic carbocycles. The van der Waals surface area contributed by atoms with E-state index in [9.17, 15) is 19.4 Å². The predicted molar refractivity (Wildman–Crippen MR) is 139 cm³/mol. The Labute approximate surface area is 211 Å². The van der Waals surface area contributed by atoms with E-state index in [1.165, 1.54) is 18.2 Å². The van der Waals surface area contributed by atoms with Gasteiger partial charge >= 0.3 is 0 Å². The van der Waals surface area contributed by atoms with E-state index in [1.807, 2.05) is 45.9 Å². The minimum atomic E-state index is -1.03. The van der Waals surface area contributed by atoms with Crippen LogP contribution in [0.3, 0.4) is 0 Å². The highest BCUT2D eigenvalue weighted by Gasteiger charge is 2.29. The molecular formula is C28H35FN4O3. The van der Waals surface area contributed by atoms with Gasteiger partial charge in [0.15, 0.2) is 5.84 Å². The number of aliphatic imine (C=N–C) groups is 2. The number of hydrogen-bond acceptors (Lipinski definition) is 6. The van der Waals surface area contributed by atoms with Crippen molar-refractivity contribution in [2.45, 2.75) is 65.5 Å². The van der Waals surface area contributed by atoms with Crippen molar-refractivity contribution in [1.29, 1.82) is 0 Å². The van der Waals surface area contributed by atoms with Crippen LogP contribution < -0.4 is 5.32 Å². The molecule has 192 valence electrons. The molecule has 7 nitrogen and oxygen atoms in total. The van der Waals surface area contributed by atoms with Crippen LogP contribution >= 0.6 is 0 Å². The zero-order chi connectivity index (χ0) is 26.0. The Morgan fingerprint density at radius 3 is 2.58 bits per heavy atom. The minimum Gasteiger partial charge on any atom is -0.507 e. The van der Waals surface area contributed by atoms with Crippen LogP contribution in [0.15, 0.2) is 46.4 Å². The molecule has 2 aromatic rings. The lowest BCUT2D eigenvalue weighted by atomic mass is 9.89. The Balaban J connectivity index is 1.53. The Morgan fingerprint density at radius 1 is 1.19 bits per heavy atom. The van der Waals surface area contributed by atoms with E-state index < -0.39 is 11.9 Å². The molecule has 0 unspecified atom stereocenters. The summed E-state index contributed by atoms with van der Waals surface area (Å²) < 4.78 is 14.7. The smallest absolute Gasteiger partial charge is 0.249 e. The maximum absolute atomic E-state index is 14.7. The number of rotatable bonds is 4. The molecule has 2 heterocycles. The van der Waals surface area contributed by atoms with Gasteiger partial charge in [0.25, 0.3) is 0 Å². The van der Waals surface area contributed by atoms with E-state index in [4.69, 9.17) is 4.99 Å². The molecule has 8 heteroatoms. The van der Waals surface area contributed by atoms with Gasteiger partial charge in [0.2, 0.25) is 5.91 Å². The van der Waals surface area contributed by atoms with Gasteiger partial charge in [-0.05, 0) is 60.9 Å². The van der Waals surface area contributed by atoms with Gasteiger partial charge in [0.1, 0.15) is 23.5 Å². The van der Waals surface area contributed by atoms with E-state index in [0.29, 0.717) is 44.5 Å². The fourth-order valence-corrected chi connectivity index (χ4v) is 4.68. The van der Waals surface area contributed by atoms with E-state index in [2.05, 4.69) is 15.2 Å². The van der Waals surface area contributed by atoms with Crippen LogP contribution in [0.1, 0.15) is 56.7 Å². The number of likely N-dealkylation sites (tertiary alicyclic amines) is 1. The third kappa shape index (κ3) is 6.10. The average molecular weight is 495 g/mol. The monoisotopic (exact) mass is 494 g/mol. The number of phenolic OH excluding ortho intramolecular Hbond substituents is 1. The number of aliphatic hydroxyl groups is 1. The number of piperidine rings is 1. The molecular weight excluding hydrogens is 459 g/mol. The quantitative estimate of drug-likeness (QED) is 0.592. The van der Waals surface area contributed by atoms with Gasteiger partial charge in [-0.25, -0.2) is 14.4 Å². The number of nitrogens with one attached hydrogen (secondary N) is 1. The summed E-state index contributed by atoms with van der Waals surface area (Å²) in [6, 6.07) is 10.1. The highest BCUT2D eigenvalue weighted by molar-refractivity contribution is 6.10. The number of halogens is 1. The third-order valence-electron chi connectivity index (χ3n) is 6.58. The summed E-state index contributed by atoms with van der Waals surface area (Å²) >= 11 is 0. The van der Waals surface area contributed by atoms with Crippen LogP contribution in [-0.4, -0.2) is 57.9 Å². The second-order valence-corrected chi connectivity index (χ2v) is 11.0. The van der Waals surface area contributed by atoms with Gasteiger partial charge in [0, 0.05) is 25.6 Å². The van der Waals surface area contributed by atoms with Crippen LogP contribution in [0.2, 0.25) is 0 Å². The number of amides is 1. The number of hydrogen-bond donors (Lipinski definition) is 3. The van der Waals surface area contributed by atoms with Crippen molar-refractivity contribution in [3.8, 4) is 5.75 Å². The molecule has 0 bridgehead atoms. The molecule has 0 radical (unpaired) electrons. The first kappa shape index (κ1) is 25.8. The Hall–Kier alpha value is -3.26. The third-order valence-corrected chi connectivity index (χ3v) is 6.58. The number of amidine groups is 2. The fraction of sp³-hybridized carbons (Fsp3) is 0.464. The first-order valence-corrected chi connectivity index (χ1v) is 12.5. The summed E-state index contributed by atoms with van der Waals surface area (Å²) in [6.45, 7) is 9.25. The molecule has 2 aromatic carbocycles. The Morgan fingerprint density at radius 2 is 1.92 bits per heavy atom. The molecule has 3 N–H and O–H groups in total. The van der Waals surface area contributed by atoms with Gasteiger partial charge in [0.05, 0.1) is 11.3 Å². The summed E-state index contributed by atoms with van der Waals surface area (Å²) in [6.07, 6.45) is 1.30. The molecule has 0 saturated carbocycles. The number of carbonyl (C=O) groups is 1. The number of nitrogens with zero attached hydrogens (tertiary/aromatic N) is 3. The van der Waals surface area contributed by atoms with Crippen LogP contribution in [0, 0.1) is 18.2 Å². The zero-order valence-electron chi connectivity index (χ0n) is 21.4. The van der Waals surface area contributed by atoms with Crippen molar-refractivity contribution in [3.05, 3.63) is 58.9 Å². The normalized spacial score (nSPS) is 17.6. The van der Waals surface area contributed by atoms with Crippen molar-refractivity contribution in [2.24, 2.45) is 15.4 Å². The Kier molecular flexibility index (Phi) is 7.45. The van der Waals surface area contributed by atoms with E-state index >= 15 is 0 Å². The van der Waals surface area contributed by atoms with Crippen molar-refractivity contribution in [2.75, 3.05) is 13.1 Å². The molecule has 1 fully saturated rings. The lowest BCUT2D eigenvalue weighted by Gasteiger charge is -2.35. The number of fused-ring (bicyclic) bond motifs is 1. The topological polar surface area (TPSA) is 97.5 Å². The largest absolute Gasteiger partial charge is 0.507 e. The van der Waals surface area contributed by atoms with Crippen molar-refractivity contribution in [3.63, 3.8) is 0 Å². The minimum absolute atomic E-state index is 0.0145. The molecule has 1 atom stereocenters. The first-order chi connectivity index (χ1) is 17.0. The number of carbonyl (C=O) groups excluding carboxylic acids is 1. The van der Waals surface area contributed by atoms with Gasteiger partial charge in [-0.2, -0.15) is 0 Å². The number of phenols is 1. The number of benzene rings is 2. The van der Waals surface area contributed by atoms with Crippen LogP contribution in [0.5, 0.6) is 5.75 Å².